The number of anilines is 2. The van der Waals surface area contributed by atoms with Crippen molar-refractivity contribution in [3.8, 4) is 12.3 Å². The largest absolute Gasteiger partial charge is 0.382 e. The van der Waals surface area contributed by atoms with E-state index in [4.69, 9.17) is 23.8 Å². The predicted octanol–water partition coefficient (Wildman–Crippen LogP) is 1.98. The van der Waals surface area contributed by atoms with Crippen LogP contribution in [-0.4, -0.2) is 21.6 Å². The van der Waals surface area contributed by atoms with Crippen molar-refractivity contribution in [2.75, 3.05) is 16.8 Å². The number of H-pyrrole nitrogens is 1. The molecule has 112 valence electrons. The lowest BCUT2D eigenvalue weighted by Gasteiger charge is -2.08. The number of rotatable bonds is 4. The molecule has 0 unspecified atom stereocenters. The van der Waals surface area contributed by atoms with E-state index >= 15 is 0 Å². The number of aromatic nitrogens is 2. The van der Waals surface area contributed by atoms with Crippen LogP contribution in [0.2, 0.25) is 5.02 Å². The van der Waals surface area contributed by atoms with Gasteiger partial charge in [0, 0.05) is 10.6 Å². The van der Waals surface area contributed by atoms with Crippen LogP contribution in [0, 0.1) is 12.3 Å². The van der Waals surface area contributed by atoms with E-state index in [-0.39, 0.29) is 11.5 Å². The fraction of sp³-hybridized carbons (Fsp3) is 0.0714. The van der Waals surface area contributed by atoms with Gasteiger partial charge in [-0.05, 0) is 24.3 Å². The Morgan fingerprint density at radius 1 is 1.45 bits per heavy atom. The van der Waals surface area contributed by atoms with Crippen molar-refractivity contribution in [2.45, 2.75) is 5.16 Å². The lowest BCUT2D eigenvalue weighted by Crippen LogP contribution is -2.23. The summed E-state index contributed by atoms with van der Waals surface area (Å²) in [7, 11) is 0. The summed E-state index contributed by atoms with van der Waals surface area (Å²) in [5, 5.41) is 3.24. The number of carbonyl (C=O) groups is 1. The second-order valence-corrected chi connectivity index (χ2v) is 5.49. The molecular weight excluding hydrogens is 324 g/mol. The quantitative estimate of drug-likeness (QED) is 0.451. The van der Waals surface area contributed by atoms with Crippen molar-refractivity contribution in [3.05, 3.63) is 45.2 Å². The highest BCUT2D eigenvalue weighted by molar-refractivity contribution is 7.99. The normalized spacial score (nSPS) is 10.0. The minimum absolute atomic E-state index is 0.0782. The Kier molecular flexibility index (Phi) is 5.09. The molecule has 2 rings (SSSR count). The van der Waals surface area contributed by atoms with E-state index in [1.807, 2.05) is 0 Å². The third-order valence-electron chi connectivity index (χ3n) is 2.56. The highest BCUT2D eigenvalue weighted by Crippen LogP contribution is 2.17. The van der Waals surface area contributed by atoms with Crippen LogP contribution >= 0.6 is 23.4 Å². The standard InChI is InChI=1S/C14H11ClN4O2S/c1-2-7-22-14-18-11(16)10(13(21)19-14)17-12(20)8-3-5-9(15)6-4-8/h1,3-6H,7H2,(H,17,20)(H3,16,18,19,21). The Balaban J connectivity index is 2.23. The maximum absolute atomic E-state index is 12.1. The van der Waals surface area contributed by atoms with Gasteiger partial charge in [0.15, 0.2) is 11.0 Å². The van der Waals surface area contributed by atoms with Gasteiger partial charge in [-0.1, -0.05) is 29.3 Å². The molecule has 1 aromatic carbocycles. The molecule has 0 saturated heterocycles. The summed E-state index contributed by atoms with van der Waals surface area (Å²) in [6, 6.07) is 6.21. The van der Waals surface area contributed by atoms with Gasteiger partial charge in [-0.2, -0.15) is 0 Å². The number of halogens is 1. The minimum Gasteiger partial charge on any atom is -0.382 e. The summed E-state index contributed by atoms with van der Waals surface area (Å²) in [6.07, 6.45) is 5.13. The molecule has 1 aromatic heterocycles. The highest BCUT2D eigenvalue weighted by Gasteiger charge is 2.13. The van der Waals surface area contributed by atoms with Crippen LogP contribution < -0.4 is 16.6 Å². The zero-order valence-electron chi connectivity index (χ0n) is 11.2. The number of amides is 1. The lowest BCUT2D eigenvalue weighted by atomic mass is 10.2. The van der Waals surface area contributed by atoms with Crippen molar-refractivity contribution in [1.82, 2.24) is 9.97 Å². The average molecular weight is 335 g/mol. The molecule has 22 heavy (non-hydrogen) atoms. The first-order valence-corrected chi connectivity index (χ1v) is 7.40. The van der Waals surface area contributed by atoms with Crippen molar-refractivity contribution in [3.63, 3.8) is 0 Å². The molecular formula is C14H11ClN4O2S. The first-order valence-electron chi connectivity index (χ1n) is 6.04. The molecule has 8 heteroatoms. The molecule has 0 bridgehead atoms. The van der Waals surface area contributed by atoms with Gasteiger partial charge in [0.25, 0.3) is 11.5 Å². The lowest BCUT2D eigenvalue weighted by molar-refractivity contribution is 0.102. The number of nitrogens with zero attached hydrogens (tertiary/aromatic N) is 1. The number of nitrogens with one attached hydrogen (secondary N) is 2. The molecule has 2 aromatic rings. The van der Waals surface area contributed by atoms with Gasteiger partial charge in [0.05, 0.1) is 5.75 Å². The Bertz CT molecular complexity index is 796. The molecule has 0 aliphatic heterocycles. The van der Waals surface area contributed by atoms with E-state index in [2.05, 4.69) is 21.2 Å². The third kappa shape index (κ3) is 3.81. The molecule has 0 saturated carbocycles. The number of benzene rings is 1. The smallest absolute Gasteiger partial charge is 0.277 e. The van der Waals surface area contributed by atoms with Gasteiger partial charge >= 0.3 is 0 Å². The van der Waals surface area contributed by atoms with Gasteiger partial charge in [0.2, 0.25) is 0 Å². The van der Waals surface area contributed by atoms with Crippen molar-refractivity contribution in [2.24, 2.45) is 0 Å². The number of aromatic amines is 1. The maximum atomic E-state index is 12.1. The van der Waals surface area contributed by atoms with E-state index in [0.29, 0.717) is 21.5 Å². The van der Waals surface area contributed by atoms with Crippen molar-refractivity contribution >= 4 is 40.8 Å². The Morgan fingerprint density at radius 2 is 2.14 bits per heavy atom. The van der Waals surface area contributed by atoms with Crippen LogP contribution in [0.25, 0.3) is 0 Å². The molecule has 1 heterocycles. The monoisotopic (exact) mass is 334 g/mol. The Morgan fingerprint density at radius 3 is 2.73 bits per heavy atom. The number of hydrogen-bond acceptors (Lipinski definition) is 5. The SMILES string of the molecule is C#CCSc1nc(N)c(NC(=O)c2ccc(Cl)cc2)c(=O)[nH]1. The number of hydrogen-bond donors (Lipinski definition) is 3. The van der Waals surface area contributed by atoms with Crippen LogP contribution in [0.1, 0.15) is 10.4 Å². The van der Waals surface area contributed by atoms with Crippen LogP contribution in [-0.2, 0) is 0 Å². The molecule has 0 spiro atoms. The summed E-state index contributed by atoms with van der Waals surface area (Å²) >= 11 is 6.92. The Labute approximate surface area is 135 Å². The summed E-state index contributed by atoms with van der Waals surface area (Å²) in [6.45, 7) is 0. The number of carbonyl (C=O) groups excluding carboxylic acids is 1. The molecule has 0 atom stereocenters. The number of terminal acetylenes is 1. The van der Waals surface area contributed by atoms with E-state index in [9.17, 15) is 9.59 Å². The zero-order chi connectivity index (χ0) is 16.1. The summed E-state index contributed by atoms with van der Waals surface area (Å²) in [5.41, 5.74) is 5.40. The number of nitrogens with two attached hydrogens (primary N) is 1. The number of thioether (sulfide) groups is 1. The fourth-order valence-corrected chi connectivity index (χ4v) is 2.23. The zero-order valence-corrected chi connectivity index (χ0v) is 12.8. The van der Waals surface area contributed by atoms with Crippen LogP contribution in [0.5, 0.6) is 0 Å². The molecule has 0 radical (unpaired) electrons. The van der Waals surface area contributed by atoms with E-state index in [0.717, 1.165) is 11.8 Å². The summed E-state index contributed by atoms with van der Waals surface area (Å²) < 4.78 is 0. The van der Waals surface area contributed by atoms with Crippen LogP contribution in [0.3, 0.4) is 0 Å². The molecule has 1 amide bonds. The fourth-order valence-electron chi connectivity index (χ4n) is 1.56. The summed E-state index contributed by atoms with van der Waals surface area (Å²) in [4.78, 5) is 30.5. The predicted molar refractivity (Wildman–Crippen MR) is 88.2 cm³/mol. The summed E-state index contributed by atoms with van der Waals surface area (Å²) in [5.74, 6) is 2.19. The molecule has 4 N–H and O–H groups in total. The topological polar surface area (TPSA) is 101 Å². The maximum Gasteiger partial charge on any atom is 0.277 e. The first-order chi connectivity index (χ1) is 10.5. The second-order valence-electron chi connectivity index (χ2n) is 4.09. The van der Waals surface area contributed by atoms with Gasteiger partial charge in [0.1, 0.15) is 5.69 Å². The van der Waals surface area contributed by atoms with Crippen LogP contribution in [0.4, 0.5) is 11.5 Å². The van der Waals surface area contributed by atoms with Crippen LogP contribution in [0.15, 0.2) is 34.2 Å². The van der Waals surface area contributed by atoms with Gasteiger partial charge < -0.3 is 11.1 Å². The second kappa shape index (κ2) is 7.02. The highest BCUT2D eigenvalue weighted by atomic mass is 35.5. The first kappa shape index (κ1) is 15.9. The van der Waals surface area contributed by atoms with Crippen molar-refractivity contribution < 1.29 is 4.79 Å². The third-order valence-corrected chi connectivity index (χ3v) is 3.59. The minimum atomic E-state index is -0.547. The van der Waals surface area contributed by atoms with E-state index < -0.39 is 11.5 Å². The average Bonchev–Trinajstić information content (AvgIpc) is 2.49. The van der Waals surface area contributed by atoms with Gasteiger partial charge in [-0.15, -0.1) is 6.42 Å². The van der Waals surface area contributed by atoms with E-state index in [1.54, 1.807) is 12.1 Å². The molecule has 0 aliphatic rings. The molecule has 0 fully saturated rings. The molecule has 6 nitrogen and oxygen atoms in total. The number of nitrogen functional groups attached to an aromatic ring is 1. The van der Waals surface area contributed by atoms with Gasteiger partial charge in [-0.3, -0.25) is 14.6 Å². The van der Waals surface area contributed by atoms with Gasteiger partial charge in [-0.25, -0.2) is 4.98 Å². The Hall–Kier alpha value is -2.43. The molecule has 0 aliphatic carbocycles. The van der Waals surface area contributed by atoms with Crippen molar-refractivity contribution in [1.29, 1.82) is 0 Å². The van der Waals surface area contributed by atoms with E-state index in [1.165, 1.54) is 12.1 Å².